The number of nitrogens with zero attached hydrogens (tertiary/aromatic N) is 1. The van der Waals surface area contributed by atoms with Crippen molar-refractivity contribution in [3.8, 4) is 0 Å². The van der Waals surface area contributed by atoms with Crippen LogP contribution in [0.15, 0.2) is 22.8 Å². The lowest BCUT2D eigenvalue weighted by Crippen LogP contribution is -2.45. The Morgan fingerprint density at radius 2 is 2.12 bits per heavy atom. The number of urea groups is 1. The van der Waals surface area contributed by atoms with Gasteiger partial charge in [-0.3, -0.25) is 14.5 Å². The SMILES string of the molecule is CCCCCCC1(C)NC(=O)N(CC(=O)NC(C)c2ccco2)C1=O. The molecule has 1 fully saturated rings. The number of amides is 4. The molecule has 1 aromatic heterocycles. The summed E-state index contributed by atoms with van der Waals surface area (Å²) in [5.74, 6) is -0.122. The highest BCUT2D eigenvalue weighted by atomic mass is 16.3. The van der Waals surface area contributed by atoms with Crippen LogP contribution < -0.4 is 10.6 Å². The van der Waals surface area contributed by atoms with Crippen LogP contribution in [0.5, 0.6) is 0 Å². The number of furan rings is 1. The molecule has 0 radical (unpaired) electrons. The normalized spacial score (nSPS) is 21.3. The maximum absolute atomic E-state index is 12.6. The van der Waals surface area contributed by atoms with E-state index < -0.39 is 17.5 Å². The van der Waals surface area contributed by atoms with Crippen LogP contribution >= 0.6 is 0 Å². The van der Waals surface area contributed by atoms with Gasteiger partial charge in [-0.05, 0) is 32.4 Å². The summed E-state index contributed by atoms with van der Waals surface area (Å²) < 4.78 is 5.23. The molecule has 2 unspecified atom stereocenters. The van der Waals surface area contributed by atoms with E-state index in [2.05, 4.69) is 17.6 Å². The third-order valence-electron chi connectivity index (χ3n) is 4.52. The van der Waals surface area contributed by atoms with Gasteiger partial charge < -0.3 is 15.1 Å². The lowest BCUT2D eigenvalue weighted by molar-refractivity contribution is -0.135. The molecule has 1 saturated heterocycles. The minimum Gasteiger partial charge on any atom is -0.467 e. The third kappa shape index (κ3) is 4.61. The molecule has 4 amide bonds. The zero-order chi connectivity index (χ0) is 18.4. The molecule has 2 heterocycles. The Morgan fingerprint density at radius 3 is 2.76 bits per heavy atom. The number of nitrogens with one attached hydrogen (secondary N) is 2. The van der Waals surface area contributed by atoms with Gasteiger partial charge in [-0.2, -0.15) is 0 Å². The predicted molar refractivity (Wildman–Crippen MR) is 92.7 cm³/mol. The molecule has 2 atom stereocenters. The van der Waals surface area contributed by atoms with Crippen molar-refractivity contribution in [2.24, 2.45) is 0 Å². The predicted octanol–water partition coefficient (Wildman–Crippen LogP) is 2.74. The minimum absolute atomic E-state index is 0.291. The first-order chi connectivity index (χ1) is 11.9. The van der Waals surface area contributed by atoms with E-state index in [9.17, 15) is 14.4 Å². The van der Waals surface area contributed by atoms with Crippen molar-refractivity contribution in [2.75, 3.05) is 6.54 Å². The fourth-order valence-corrected chi connectivity index (χ4v) is 3.00. The van der Waals surface area contributed by atoms with Gasteiger partial charge in [-0.25, -0.2) is 4.79 Å². The molecule has 0 saturated carbocycles. The maximum atomic E-state index is 12.6. The first kappa shape index (κ1) is 19.0. The number of carbonyl (C=O) groups is 3. The molecule has 2 N–H and O–H groups in total. The van der Waals surface area contributed by atoms with E-state index in [4.69, 9.17) is 4.42 Å². The second-order valence-corrected chi connectivity index (χ2v) is 6.77. The largest absolute Gasteiger partial charge is 0.467 e. The van der Waals surface area contributed by atoms with Gasteiger partial charge in [0.2, 0.25) is 5.91 Å². The molecule has 138 valence electrons. The van der Waals surface area contributed by atoms with Gasteiger partial charge in [0.1, 0.15) is 17.8 Å². The topological polar surface area (TPSA) is 91.7 Å². The Hall–Kier alpha value is -2.31. The quantitative estimate of drug-likeness (QED) is 0.530. The number of rotatable bonds is 9. The summed E-state index contributed by atoms with van der Waals surface area (Å²) in [5.41, 5.74) is -0.919. The van der Waals surface area contributed by atoms with E-state index >= 15 is 0 Å². The molecular formula is C18H27N3O4. The lowest BCUT2D eigenvalue weighted by atomic mass is 9.94. The summed E-state index contributed by atoms with van der Waals surface area (Å²) in [6.07, 6.45) is 6.21. The molecule has 2 rings (SSSR count). The van der Waals surface area contributed by atoms with Crippen molar-refractivity contribution in [3.05, 3.63) is 24.2 Å². The number of hydrogen-bond donors (Lipinski definition) is 2. The number of hydrogen-bond acceptors (Lipinski definition) is 4. The highest BCUT2D eigenvalue weighted by Gasteiger charge is 2.47. The molecule has 0 bridgehead atoms. The Kier molecular flexibility index (Phi) is 6.22. The van der Waals surface area contributed by atoms with Gasteiger partial charge in [0, 0.05) is 0 Å². The van der Waals surface area contributed by atoms with Crippen LogP contribution in [0.25, 0.3) is 0 Å². The van der Waals surface area contributed by atoms with Gasteiger partial charge in [-0.1, -0.05) is 32.6 Å². The lowest BCUT2D eigenvalue weighted by Gasteiger charge is -2.21. The number of unbranched alkanes of at least 4 members (excludes halogenated alkanes) is 3. The Morgan fingerprint density at radius 1 is 1.36 bits per heavy atom. The molecule has 7 heteroatoms. The molecule has 25 heavy (non-hydrogen) atoms. The highest BCUT2D eigenvalue weighted by Crippen LogP contribution is 2.24. The molecule has 0 aromatic carbocycles. The van der Waals surface area contributed by atoms with Gasteiger partial charge in [0.15, 0.2) is 0 Å². The molecule has 1 aliphatic heterocycles. The van der Waals surface area contributed by atoms with Crippen molar-refractivity contribution in [2.45, 2.75) is 64.5 Å². The number of carbonyl (C=O) groups excluding carboxylic acids is 3. The van der Waals surface area contributed by atoms with E-state index in [0.717, 1.165) is 30.6 Å². The van der Waals surface area contributed by atoms with Gasteiger partial charge in [0.05, 0.1) is 12.3 Å². The second kappa shape index (κ2) is 8.18. The van der Waals surface area contributed by atoms with E-state index in [0.29, 0.717) is 12.2 Å². The highest BCUT2D eigenvalue weighted by molar-refractivity contribution is 6.08. The van der Waals surface area contributed by atoms with Gasteiger partial charge >= 0.3 is 6.03 Å². The minimum atomic E-state index is -0.919. The summed E-state index contributed by atoms with van der Waals surface area (Å²) in [4.78, 5) is 37.9. The van der Waals surface area contributed by atoms with Crippen LogP contribution in [0.4, 0.5) is 4.79 Å². The fourth-order valence-electron chi connectivity index (χ4n) is 3.00. The van der Waals surface area contributed by atoms with Crippen LogP contribution in [0.1, 0.15) is 64.7 Å². The smallest absolute Gasteiger partial charge is 0.325 e. The van der Waals surface area contributed by atoms with Crippen molar-refractivity contribution < 1.29 is 18.8 Å². The Bertz CT molecular complexity index is 614. The summed E-state index contributed by atoms with van der Waals surface area (Å²) in [7, 11) is 0. The first-order valence-corrected chi connectivity index (χ1v) is 8.84. The molecular weight excluding hydrogens is 322 g/mol. The third-order valence-corrected chi connectivity index (χ3v) is 4.52. The Balaban J connectivity index is 1.89. The van der Waals surface area contributed by atoms with Gasteiger partial charge in [-0.15, -0.1) is 0 Å². The van der Waals surface area contributed by atoms with E-state index in [-0.39, 0.29) is 18.5 Å². The Labute approximate surface area is 148 Å². The van der Waals surface area contributed by atoms with Crippen molar-refractivity contribution in [3.63, 3.8) is 0 Å². The standard InChI is InChI=1S/C18H27N3O4/c1-4-5-6-7-10-18(3)16(23)21(17(24)20-18)12-15(22)19-13(2)14-9-8-11-25-14/h8-9,11,13H,4-7,10,12H2,1-3H3,(H,19,22)(H,20,24). The molecule has 1 aromatic rings. The second-order valence-electron chi connectivity index (χ2n) is 6.77. The average molecular weight is 349 g/mol. The van der Waals surface area contributed by atoms with E-state index in [1.807, 2.05) is 0 Å². The fraction of sp³-hybridized carbons (Fsp3) is 0.611. The zero-order valence-electron chi connectivity index (χ0n) is 15.1. The molecule has 1 aliphatic rings. The van der Waals surface area contributed by atoms with Crippen LogP contribution in [0.2, 0.25) is 0 Å². The maximum Gasteiger partial charge on any atom is 0.325 e. The monoisotopic (exact) mass is 349 g/mol. The van der Waals surface area contributed by atoms with Crippen LogP contribution in [0.3, 0.4) is 0 Å². The summed E-state index contributed by atoms with van der Waals surface area (Å²) in [5, 5.41) is 5.46. The summed E-state index contributed by atoms with van der Waals surface area (Å²) in [6.45, 7) is 5.33. The molecule has 7 nitrogen and oxygen atoms in total. The zero-order valence-corrected chi connectivity index (χ0v) is 15.1. The summed E-state index contributed by atoms with van der Waals surface area (Å²) >= 11 is 0. The molecule has 0 spiro atoms. The van der Waals surface area contributed by atoms with Crippen molar-refractivity contribution in [1.29, 1.82) is 0 Å². The average Bonchev–Trinajstić information content (AvgIpc) is 3.16. The van der Waals surface area contributed by atoms with Crippen LogP contribution in [-0.4, -0.2) is 34.8 Å². The van der Waals surface area contributed by atoms with Gasteiger partial charge in [0.25, 0.3) is 5.91 Å². The first-order valence-electron chi connectivity index (χ1n) is 8.84. The van der Waals surface area contributed by atoms with Crippen molar-refractivity contribution >= 4 is 17.8 Å². The van der Waals surface area contributed by atoms with Crippen molar-refractivity contribution in [1.82, 2.24) is 15.5 Å². The van der Waals surface area contributed by atoms with Crippen LogP contribution in [-0.2, 0) is 9.59 Å². The number of imide groups is 1. The van der Waals surface area contributed by atoms with Crippen LogP contribution in [0, 0.1) is 0 Å². The molecule has 0 aliphatic carbocycles. The van der Waals surface area contributed by atoms with E-state index in [1.54, 1.807) is 26.0 Å². The summed E-state index contributed by atoms with van der Waals surface area (Å²) in [6, 6.07) is 2.65. The van der Waals surface area contributed by atoms with E-state index in [1.165, 1.54) is 6.26 Å².